The second kappa shape index (κ2) is 4.04. The van der Waals surface area contributed by atoms with Gasteiger partial charge in [0.05, 0.1) is 16.4 Å². The van der Waals surface area contributed by atoms with Gasteiger partial charge in [-0.1, -0.05) is 13.3 Å². The second-order valence-electron chi connectivity index (χ2n) is 3.60. The molecule has 0 saturated carbocycles. The highest BCUT2D eigenvalue weighted by Gasteiger charge is 2.19. The predicted molar refractivity (Wildman–Crippen MR) is 54.0 cm³/mol. The molecule has 1 heterocycles. The first-order valence-electron chi connectivity index (χ1n) is 5.04. The summed E-state index contributed by atoms with van der Waals surface area (Å²) in [6.07, 6.45) is 2.59. The van der Waals surface area contributed by atoms with Crippen LogP contribution in [0.25, 0.3) is 12.2 Å². The summed E-state index contributed by atoms with van der Waals surface area (Å²) >= 11 is 0. The molecule has 0 amide bonds. The van der Waals surface area contributed by atoms with E-state index in [1.165, 1.54) is 12.2 Å². The Morgan fingerprint density at radius 2 is 1.87 bits per heavy atom. The molecule has 2 rings (SSSR count). The van der Waals surface area contributed by atoms with Crippen LogP contribution >= 0.6 is 0 Å². The minimum atomic E-state index is -1.59. The Bertz CT molecular complexity index is 470. The van der Waals surface area contributed by atoms with Crippen LogP contribution in [0.2, 0.25) is 0 Å². The standard InChI is InChI=1S/C11H12F2N2/c1-2-3-7-6-14-10-4-8(12)9(13)5-11(10)15-7/h4-6,8-9H,2-3H2,1H3. The van der Waals surface area contributed by atoms with Crippen molar-refractivity contribution in [2.45, 2.75) is 32.1 Å². The van der Waals surface area contributed by atoms with E-state index in [2.05, 4.69) is 9.97 Å². The third-order valence-electron chi connectivity index (χ3n) is 2.32. The lowest BCUT2D eigenvalue weighted by molar-refractivity contribution is 0.270. The lowest BCUT2D eigenvalue weighted by Gasteiger charge is -2.09. The molecule has 2 nitrogen and oxygen atoms in total. The lowest BCUT2D eigenvalue weighted by Crippen LogP contribution is -2.39. The average molecular weight is 210 g/mol. The van der Waals surface area contributed by atoms with Gasteiger partial charge in [0.25, 0.3) is 0 Å². The topological polar surface area (TPSA) is 25.8 Å². The molecule has 0 radical (unpaired) electrons. The zero-order chi connectivity index (χ0) is 10.8. The third-order valence-corrected chi connectivity index (χ3v) is 2.32. The first kappa shape index (κ1) is 10.2. The Kier molecular flexibility index (Phi) is 2.75. The summed E-state index contributed by atoms with van der Waals surface area (Å²) in [5.74, 6) is 0. The zero-order valence-electron chi connectivity index (χ0n) is 8.45. The maximum absolute atomic E-state index is 13.0. The quantitative estimate of drug-likeness (QED) is 0.717. The van der Waals surface area contributed by atoms with Gasteiger partial charge >= 0.3 is 0 Å². The van der Waals surface area contributed by atoms with Crippen LogP contribution in [0, 0.1) is 0 Å². The van der Waals surface area contributed by atoms with Crippen LogP contribution in [0.3, 0.4) is 0 Å². The Morgan fingerprint density at radius 3 is 2.53 bits per heavy atom. The highest BCUT2D eigenvalue weighted by atomic mass is 19.2. The van der Waals surface area contributed by atoms with E-state index < -0.39 is 12.3 Å². The van der Waals surface area contributed by atoms with Gasteiger partial charge in [0, 0.05) is 6.20 Å². The maximum Gasteiger partial charge on any atom is 0.155 e. The molecule has 80 valence electrons. The smallest absolute Gasteiger partial charge is 0.155 e. The van der Waals surface area contributed by atoms with Crippen LogP contribution in [0.5, 0.6) is 0 Å². The molecule has 0 fully saturated rings. The Balaban J connectivity index is 2.49. The molecular formula is C11H12F2N2. The van der Waals surface area contributed by atoms with Crippen molar-refractivity contribution in [3.05, 3.63) is 22.6 Å². The molecule has 0 bridgehead atoms. The Morgan fingerprint density at radius 1 is 1.20 bits per heavy atom. The number of rotatable bonds is 2. The molecule has 4 heteroatoms. The second-order valence-corrected chi connectivity index (χ2v) is 3.60. The monoisotopic (exact) mass is 210 g/mol. The maximum atomic E-state index is 13.0. The van der Waals surface area contributed by atoms with Crippen molar-refractivity contribution in [3.8, 4) is 0 Å². The van der Waals surface area contributed by atoms with Crippen LogP contribution in [0.15, 0.2) is 6.20 Å². The first-order valence-corrected chi connectivity index (χ1v) is 5.04. The van der Waals surface area contributed by atoms with Crippen molar-refractivity contribution < 1.29 is 8.78 Å². The van der Waals surface area contributed by atoms with Gasteiger partial charge in [-0.25, -0.2) is 13.8 Å². The molecule has 2 unspecified atom stereocenters. The van der Waals surface area contributed by atoms with Gasteiger partial charge in [-0.3, -0.25) is 4.98 Å². The average Bonchev–Trinajstić information content (AvgIpc) is 2.21. The van der Waals surface area contributed by atoms with Crippen LogP contribution in [-0.2, 0) is 6.42 Å². The van der Waals surface area contributed by atoms with Crippen molar-refractivity contribution in [1.29, 1.82) is 0 Å². The van der Waals surface area contributed by atoms with Crippen LogP contribution in [0.1, 0.15) is 19.0 Å². The SMILES string of the molecule is CCCc1cnc2c(n1)=CC(F)C(F)C=2. The van der Waals surface area contributed by atoms with Crippen LogP contribution in [-0.4, -0.2) is 22.3 Å². The summed E-state index contributed by atoms with van der Waals surface area (Å²) in [6.45, 7) is 2.03. The number of aromatic nitrogens is 2. The number of hydrogen-bond acceptors (Lipinski definition) is 2. The minimum absolute atomic E-state index is 0.441. The molecule has 0 saturated heterocycles. The number of halogens is 2. The normalized spacial score (nSPS) is 23.9. The number of alkyl halides is 2. The molecule has 1 aliphatic carbocycles. The predicted octanol–water partition coefficient (Wildman–Crippen LogP) is 0.680. The lowest BCUT2D eigenvalue weighted by atomic mass is 10.1. The van der Waals surface area contributed by atoms with Crippen molar-refractivity contribution >= 4 is 12.2 Å². The molecule has 0 spiro atoms. The number of aryl methyl sites for hydroxylation is 1. The van der Waals surface area contributed by atoms with Gasteiger partial charge in [-0.2, -0.15) is 0 Å². The van der Waals surface area contributed by atoms with E-state index in [0.717, 1.165) is 18.5 Å². The number of fused-ring (bicyclic) bond motifs is 1. The highest BCUT2D eigenvalue weighted by molar-refractivity contribution is 5.42. The molecule has 2 atom stereocenters. The number of nitrogens with zero attached hydrogens (tertiary/aromatic N) is 2. The van der Waals surface area contributed by atoms with Gasteiger partial charge in [0.1, 0.15) is 0 Å². The van der Waals surface area contributed by atoms with E-state index in [4.69, 9.17) is 0 Å². The largest absolute Gasteiger partial charge is 0.253 e. The highest BCUT2D eigenvalue weighted by Crippen LogP contribution is 2.08. The van der Waals surface area contributed by atoms with Crippen molar-refractivity contribution in [1.82, 2.24) is 9.97 Å². The van der Waals surface area contributed by atoms with E-state index >= 15 is 0 Å². The van der Waals surface area contributed by atoms with E-state index in [9.17, 15) is 8.78 Å². The van der Waals surface area contributed by atoms with Crippen molar-refractivity contribution in [2.75, 3.05) is 0 Å². The zero-order valence-corrected chi connectivity index (χ0v) is 8.45. The summed E-state index contributed by atoms with van der Waals surface area (Å²) < 4.78 is 26.0. The van der Waals surface area contributed by atoms with Crippen LogP contribution < -0.4 is 10.7 Å². The Hall–Kier alpha value is -1.32. The molecule has 0 aliphatic heterocycles. The fourth-order valence-electron chi connectivity index (χ4n) is 1.56. The van der Waals surface area contributed by atoms with Gasteiger partial charge in [-0.15, -0.1) is 0 Å². The van der Waals surface area contributed by atoms with Gasteiger partial charge in [0.2, 0.25) is 0 Å². The van der Waals surface area contributed by atoms with Gasteiger partial charge in [-0.05, 0) is 18.6 Å². The Labute approximate surface area is 86.4 Å². The molecule has 1 aromatic heterocycles. The van der Waals surface area contributed by atoms with E-state index in [1.807, 2.05) is 6.92 Å². The molecular weight excluding hydrogens is 198 g/mol. The fraction of sp³-hybridized carbons (Fsp3) is 0.455. The summed E-state index contributed by atoms with van der Waals surface area (Å²) in [5.41, 5.74) is 0.824. The van der Waals surface area contributed by atoms with E-state index in [1.54, 1.807) is 6.20 Å². The summed E-state index contributed by atoms with van der Waals surface area (Å²) in [5, 5.41) is 0.901. The van der Waals surface area contributed by atoms with Crippen LogP contribution in [0.4, 0.5) is 8.78 Å². The van der Waals surface area contributed by atoms with Crippen molar-refractivity contribution in [3.63, 3.8) is 0 Å². The first-order chi connectivity index (χ1) is 7.20. The van der Waals surface area contributed by atoms with Gasteiger partial charge in [0.15, 0.2) is 12.3 Å². The summed E-state index contributed by atoms with van der Waals surface area (Å²) in [7, 11) is 0. The summed E-state index contributed by atoms with van der Waals surface area (Å²) in [6, 6.07) is 0. The minimum Gasteiger partial charge on any atom is -0.253 e. The van der Waals surface area contributed by atoms with Gasteiger partial charge < -0.3 is 0 Å². The molecule has 1 aliphatic rings. The van der Waals surface area contributed by atoms with E-state index in [0.29, 0.717) is 10.7 Å². The molecule has 0 aromatic carbocycles. The third kappa shape index (κ3) is 2.03. The van der Waals surface area contributed by atoms with Crippen molar-refractivity contribution in [2.24, 2.45) is 0 Å². The fourth-order valence-corrected chi connectivity index (χ4v) is 1.56. The van der Waals surface area contributed by atoms with E-state index in [-0.39, 0.29) is 0 Å². The summed E-state index contributed by atoms with van der Waals surface area (Å²) in [4.78, 5) is 8.30. The molecule has 1 aromatic rings. The molecule has 0 N–H and O–H groups in total. The number of hydrogen-bond donors (Lipinski definition) is 0. The molecule has 15 heavy (non-hydrogen) atoms.